The van der Waals surface area contributed by atoms with Crippen LogP contribution in [0.3, 0.4) is 0 Å². The Morgan fingerprint density at radius 2 is 2.00 bits per heavy atom. The van der Waals surface area contributed by atoms with E-state index in [1.165, 1.54) is 35.4 Å². The van der Waals surface area contributed by atoms with Crippen LogP contribution in [0.25, 0.3) is 0 Å². The molecule has 0 unspecified atom stereocenters. The standard InChI is InChI=1S/C13H13ClN2/c14-10-6-4-9(5-7-10)8-13-11-2-1-3-12(11)15-16-13/h4-7H,1-3,8H2,(H,15,16). The lowest BCUT2D eigenvalue weighted by molar-refractivity contribution is 0.844. The molecule has 1 aliphatic rings. The Balaban J connectivity index is 1.86. The molecule has 0 bridgehead atoms. The van der Waals surface area contributed by atoms with Crippen LogP contribution in [-0.2, 0) is 19.3 Å². The molecule has 0 aliphatic heterocycles. The van der Waals surface area contributed by atoms with Gasteiger partial charge < -0.3 is 0 Å². The maximum atomic E-state index is 5.87. The number of hydrogen-bond donors (Lipinski definition) is 1. The summed E-state index contributed by atoms with van der Waals surface area (Å²) in [6.07, 6.45) is 4.50. The number of hydrogen-bond acceptors (Lipinski definition) is 1. The highest BCUT2D eigenvalue weighted by molar-refractivity contribution is 6.30. The van der Waals surface area contributed by atoms with Gasteiger partial charge in [0, 0.05) is 17.1 Å². The van der Waals surface area contributed by atoms with Crippen LogP contribution < -0.4 is 0 Å². The molecule has 0 fully saturated rings. The van der Waals surface area contributed by atoms with Gasteiger partial charge in [-0.3, -0.25) is 5.10 Å². The lowest BCUT2D eigenvalue weighted by Gasteiger charge is -2.00. The van der Waals surface area contributed by atoms with Crippen LogP contribution in [0.4, 0.5) is 0 Å². The summed E-state index contributed by atoms with van der Waals surface area (Å²) in [5.74, 6) is 0. The fourth-order valence-corrected chi connectivity index (χ4v) is 2.46. The van der Waals surface area contributed by atoms with E-state index in [9.17, 15) is 0 Å². The number of nitrogens with one attached hydrogen (secondary N) is 1. The molecule has 1 aliphatic carbocycles. The molecule has 1 aromatic heterocycles. The Kier molecular flexibility index (Phi) is 2.44. The van der Waals surface area contributed by atoms with E-state index in [-0.39, 0.29) is 0 Å². The molecule has 0 saturated heterocycles. The van der Waals surface area contributed by atoms with Crippen molar-refractivity contribution < 1.29 is 0 Å². The van der Waals surface area contributed by atoms with Gasteiger partial charge in [0.15, 0.2) is 0 Å². The summed E-state index contributed by atoms with van der Waals surface area (Å²) in [6.45, 7) is 0. The molecule has 0 radical (unpaired) electrons. The van der Waals surface area contributed by atoms with E-state index in [0.29, 0.717) is 0 Å². The lowest BCUT2D eigenvalue weighted by Crippen LogP contribution is -1.92. The number of benzene rings is 1. The minimum absolute atomic E-state index is 0.788. The van der Waals surface area contributed by atoms with E-state index in [1.54, 1.807) is 0 Å². The highest BCUT2D eigenvalue weighted by Gasteiger charge is 2.18. The second kappa shape index (κ2) is 3.95. The first-order chi connectivity index (χ1) is 7.83. The van der Waals surface area contributed by atoms with Crippen molar-refractivity contribution in [2.24, 2.45) is 0 Å². The molecule has 0 saturated carbocycles. The van der Waals surface area contributed by atoms with Crippen molar-refractivity contribution in [2.75, 3.05) is 0 Å². The van der Waals surface area contributed by atoms with E-state index < -0.39 is 0 Å². The zero-order chi connectivity index (χ0) is 11.0. The largest absolute Gasteiger partial charge is 0.282 e. The monoisotopic (exact) mass is 232 g/mol. The molecule has 3 rings (SSSR count). The van der Waals surface area contributed by atoms with Crippen molar-refractivity contribution in [1.29, 1.82) is 0 Å². The zero-order valence-corrected chi connectivity index (χ0v) is 9.72. The fourth-order valence-electron chi connectivity index (χ4n) is 2.33. The fraction of sp³-hybridized carbons (Fsp3) is 0.308. The van der Waals surface area contributed by atoms with Crippen molar-refractivity contribution in [3.8, 4) is 0 Å². The van der Waals surface area contributed by atoms with Gasteiger partial charge in [-0.1, -0.05) is 23.7 Å². The summed E-state index contributed by atoms with van der Waals surface area (Å²) < 4.78 is 0. The van der Waals surface area contributed by atoms with Crippen molar-refractivity contribution in [3.05, 3.63) is 51.8 Å². The van der Waals surface area contributed by atoms with E-state index in [0.717, 1.165) is 17.9 Å². The summed E-state index contributed by atoms with van der Waals surface area (Å²) in [5, 5.41) is 8.33. The summed E-state index contributed by atoms with van der Waals surface area (Å²) >= 11 is 5.87. The smallest absolute Gasteiger partial charge is 0.0700 e. The van der Waals surface area contributed by atoms with Gasteiger partial charge in [-0.2, -0.15) is 5.10 Å². The van der Waals surface area contributed by atoms with Crippen molar-refractivity contribution in [3.63, 3.8) is 0 Å². The highest BCUT2D eigenvalue weighted by atomic mass is 35.5. The number of aromatic nitrogens is 2. The molecular formula is C13H13ClN2. The number of rotatable bonds is 2. The zero-order valence-electron chi connectivity index (χ0n) is 8.96. The normalized spacial score (nSPS) is 14.1. The van der Waals surface area contributed by atoms with Crippen LogP contribution in [0.15, 0.2) is 24.3 Å². The Labute approximate surface area is 99.6 Å². The molecule has 16 heavy (non-hydrogen) atoms. The first-order valence-corrected chi connectivity index (χ1v) is 6.00. The second-order valence-electron chi connectivity index (χ2n) is 4.28. The van der Waals surface area contributed by atoms with Crippen molar-refractivity contribution in [1.82, 2.24) is 10.2 Å². The van der Waals surface area contributed by atoms with Crippen LogP contribution in [0.1, 0.15) is 28.9 Å². The maximum absolute atomic E-state index is 5.87. The van der Waals surface area contributed by atoms with Gasteiger partial charge in [0.05, 0.1) is 5.69 Å². The molecule has 82 valence electrons. The van der Waals surface area contributed by atoms with Crippen LogP contribution in [0.5, 0.6) is 0 Å². The average molecular weight is 233 g/mol. The van der Waals surface area contributed by atoms with E-state index in [2.05, 4.69) is 22.3 Å². The van der Waals surface area contributed by atoms with Gasteiger partial charge in [-0.15, -0.1) is 0 Å². The average Bonchev–Trinajstić information content (AvgIpc) is 2.86. The predicted molar refractivity (Wildman–Crippen MR) is 64.9 cm³/mol. The Morgan fingerprint density at radius 3 is 2.81 bits per heavy atom. The number of fused-ring (bicyclic) bond motifs is 1. The third-order valence-corrected chi connectivity index (χ3v) is 3.43. The SMILES string of the molecule is Clc1ccc(Cc2n[nH]c3c2CCC3)cc1. The second-order valence-corrected chi connectivity index (χ2v) is 4.72. The molecule has 2 nitrogen and oxygen atoms in total. The van der Waals surface area contributed by atoms with Crippen molar-refractivity contribution in [2.45, 2.75) is 25.7 Å². The quantitative estimate of drug-likeness (QED) is 0.847. The minimum atomic E-state index is 0.788. The Morgan fingerprint density at radius 1 is 1.19 bits per heavy atom. The van der Waals surface area contributed by atoms with Crippen LogP contribution in [0, 0.1) is 0 Å². The molecule has 0 atom stereocenters. The van der Waals surface area contributed by atoms with Gasteiger partial charge in [-0.05, 0) is 42.5 Å². The topological polar surface area (TPSA) is 28.7 Å². The molecule has 1 aromatic carbocycles. The molecule has 0 spiro atoms. The van der Waals surface area contributed by atoms with Crippen LogP contribution in [-0.4, -0.2) is 10.2 Å². The van der Waals surface area contributed by atoms with Gasteiger partial charge in [0.25, 0.3) is 0 Å². The van der Waals surface area contributed by atoms with Crippen LogP contribution >= 0.6 is 11.6 Å². The van der Waals surface area contributed by atoms with Gasteiger partial charge in [0.1, 0.15) is 0 Å². The highest BCUT2D eigenvalue weighted by Crippen LogP contribution is 2.24. The summed E-state index contributed by atoms with van der Waals surface area (Å²) in [5.41, 5.74) is 5.25. The molecule has 2 aromatic rings. The Bertz CT molecular complexity index is 499. The van der Waals surface area contributed by atoms with E-state index >= 15 is 0 Å². The first kappa shape index (κ1) is 9.91. The summed E-state index contributed by atoms with van der Waals surface area (Å²) in [6, 6.07) is 8.00. The molecule has 0 amide bonds. The number of halogens is 1. The van der Waals surface area contributed by atoms with Gasteiger partial charge in [0.2, 0.25) is 0 Å². The van der Waals surface area contributed by atoms with Gasteiger partial charge in [-0.25, -0.2) is 0 Å². The van der Waals surface area contributed by atoms with Crippen LogP contribution in [0.2, 0.25) is 5.02 Å². The van der Waals surface area contributed by atoms with Crippen molar-refractivity contribution >= 4 is 11.6 Å². The molecular weight excluding hydrogens is 220 g/mol. The van der Waals surface area contributed by atoms with Gasteiger partial charge >= 0.3 is 0 Å². The molecule has 3 heteroatoms. The number of aromatic amines is 1. The third-order valence-electron chi connectivity index (χ3n) is 3.18. The van der Waals surface area contributed by atoms with E-state index in [4.69, 9.17) is 11.6 Å². The van der Waals surface area contributed by atoms with E-state index in [1.807, 2.05) is 12.1 Å². The number of nitrogens with zero attached hydrogens (tertiary/aromatic N) is 1. The summed E-state index contributed by atoms with van der Waals surface area (Å²) in [7, 11) is 0. The minimum Gasteiger partial charge on any atom is -0.282 e. The third kappa shape index (κ3) is 1.74. The number of aryl methyl sites for hydroxylation is 1. The Hall–Kier alpha value is -1.28. The molecule has 1 heterocycles. The first-order valence-electron chi connectivity index (χ1n) is 5.62. The number of H-pyrrole nitrogens is 1. The molecule has 1 N–H and O–H groups in total. The summed E-state index contributed by atoms with van der Waals surface area (Å²) in [4.78, 5) is 0. The maximum Gasteiger partial charge on any atom is 0.0700 e. The predicted octanol–water partition coefficient (Wildman–Crippen LogP) is 3.14. The lowest BCUT2D eigenvalue weighted by atomic mass is 10.1.